The SMILES string of the molecule is C=CC(C)(CC)C(C)(C)C1CCC(CCC)CC1. The van der Waals surface area contributed by atoms with Gasteiger partial charge in [0.1, 0.15) is 0 Å². The van der Waals surface area contributed by atoms with Gasteiger partial charge in [-0.05, 0) is 41.9 Å². The Bertz CT molecular complexity index is 255. The predicted octanol–water partition coefficient (Wildman–Crippen LogP) is 6.22. The Morgan fingerprint density at radius 1 is 1.06 bits per heavy atom. The van der Waals surface area contributed by atoms with Crippen molar-refractivity contribution >= 4 is 0 Å². The molecule has 1 aliphatic carbocycles. The Balaban J connectivity index is 2.68. The molecular formula is C18H34. The van der Waals surface area contributed by atoms with Crippen LogP contribution in [0.1, 0.15) is 79.6 Å². The van der Waals surface area contributed by atoms with E-state index in [2.05, 4.69) is 47.3 Å². The minimum Gasteiger partial charge on any atom is -0.103 e. The molecule has 0 aromatic rings. The maximum absolute atomic E-state index is 4.11. The van der Waals surface area contributed by atoms with E-state index in [9.17, 15) is 0 Å². The molecule has 0 bridgehead atoms. The quantitative estimate of drug-likeness (QED) is 0.491. The van der Waals surface area contributed by atoms with Crippen molar-refractivity contribution in [2.24, 2.45) is 22.7 Å². The summed E-state index contributed by atoms with van der Waals surface area (Å²) in [6.07, 6.45) is 12.0. The predicted molar refractivity (Wildman–Crippen MR) is 82.7 cm³/mol. The fourth-order valence-electron chi connectivity index (χ4n) is 3.91. The molecule has 0 aromatic heterocycles. The smallest absolute Gasteiger partial charge is 0.00980 e. The Labute approximate surface area is 115 Å². The molecule has 0 amide bonds. The van der Waals surface area contributed by atoms with Gasteiger partial charge < -0.3 is 0 Å². The summed E-state index contributed by atoms with van der Waals surface area (Å²) in [5.74, 6) is 1.90. The molecule has 0 heteroatoms. The van der Waals surface area contributed by atoms with Crippen molar-refractivity contribution in [2.45, 2.75) is 79.6 Å². The van der Waals surface area contributed by atoms with E-state index in [0.29, 0.717) is 5.41 Å². The zero-order valence-electron chi connectivity index (χ0n) is 13.4. The number of hydrogen-bond acceptors (Lipinski definition) is 0. The zero-order valence-corrected chi connectivity index (χ0v) is 13.4. The van der Waals surface area contributed by atoms with Crippen molar-refractivity contribution in [1.82, 2.24) is 0 Å². The molecule has 1 unspecified atom stereocenters. The maximum Gasteiger partial charge on any atom is -0.00980 e. The van der Waals surface area contributed by atoms with E-state index < -0.39 is 0 Å². The van der Waals surface area contributed by atoms with E-state index in [0.717, 1.165) is 11.8 Å². The van der Waals surface area contributed by atoms with Gasteiger partial charge in [-0.1, -0.05) is 66.4 Å². The second-order valence-electron chi connectivity index (χ2n) is 7.20. The molecule has 1 aliphatic rings. The van der Waals surface area contributed by atoms with Gasteiger partial charge in [0.05, 0.1) is 0 Å². The van der Waals surface area contributed by atoms with E-state index in [1.807, 2.05) is 0 Å². The van der Waals surface area contributed by atoms with Crippen LogP contribution in [0.3, 0.4) is 0 Å². The van der Waals surface area contributed by atoms with Crippen molar-refractivity contribution in [3.8, 4) is 0 Å². The molecular weight excluding hydrogens is 216 g/mol. The molecule has 106 valence electrons. The third-order valence-corrected chi connectivity index (χ3v) is 6.22. The third kappa shape index (κ3) is 3.00. The lowest BCUT2D eigenvalue weighted by atomic mass is 9.55. The summed E-state index contributed by atoms with van der Waals surface area (Å²) in [5, 5.41) is 0. The second-order valence-corrected chi connectivity index (χ2v) is 7.20. The van der Waals surface area contributed by atoms with Gasteiger partial charge in [-0.3, -0.25) is 0 Å². The highest BCUT2D eigenvalue weighted by molar-refractivity contribution is 5.03. The minimum atomic E-state index is 0.287. The molecule has 0 spiro atoms. The summed E-state index contributed by atoms with van der Waals surface area (Å²) in [6.45, 7) is 16.1. The Morgan fingerprint density at radius 3 is 2.00 bits per heavy atom. The fraction of sp³-hybridized carbons (Fsp3) is 0.889. The first kappa shape index (κ1) is 15.8. The monoisotopic (exact) mass is 250 g/mol. The van der Waals surface area contributed by atoms with Crippen LogP contribution in [0.4, 0.5) is 0 Å². The highest BCUT2D eigenvalue weighted by Crippen LogP contribution is 2.52. The average Bonchev–Trinajstić information content (AvgIpc) is 2.38. The van der Waals surface area contributed by atoms with Gasteiger partial charge in [0.15, 0.2) is 0 Å². The van der Waals surface area contributed by atoms with E-state index in [4.69, 9.17) is 0 Å². The first-order valence-electron chi connectivity index (χ1n) is 8.04. The zero-order chi connectivity index (χ0) is 13.8. The molecule has 0 aromatic carbocycles. The highest BCUT2D eigenvalue weighted by atomic mass is 14.5. The van der Waals surface area contributed by atoms with Crippen LogP contribution >= 0.6 is 0 Å². The van der Waals surface area contributed by atoms with Crippen LogP contribution in [-0.2, 0) is 0 Å². The van der Waals surface area contributed by atoms with E-state index in [-0.39, 0.29) is 5.41 Å². The van der Waals surface area contributed by atoms with Crippen molar-refractivity contribution in [2.75, 3.05) is 0 Å². The molecule has 1 fully saturated rings. The molecule has 1 atom stereocenters. The number of allylic oxidation sites excluding steroid dienone is 1. The maximum atomic E-state index is 4.11. The van der Waals surface area contributed by atoms with Gasteiger partial charge in [0.2, 0.25) is 0 Å². The highest BCUT2D eigenvalue weighted by Gasteiger charge is 2.43. The molecule has 0 nitrogen and oxygen atoms in total. The Morgan fingerprint density at radius 2 is 1.61 bits per heavy atom. The minimum absolute atomic E-state index is 0.287. The molecule has 0 heterocycles. The average molecular weight is 250 g/mol. The van der Waals surface area contributed by atoms with Gasteiger partial charge in [-0.2, -0.15) is 0 Å². The van der Waals surface area contributed by atoms with Gasteiger partial charge in [-0.25, -0.2) is 0 Å². The summed E-state index contributed by atoms with van der Waals surface area (Å²) in [6, 6.07) is 0. The van der Waals surface area contributed by atoms with Crippen molar-refractivity contribution in [3.05, 3.63) is 12.7 Å². The summed E-state index contributed by atoms with van der Waals surface area (Å²) in [4.78, 5) is 0. The van der Waals surface area contributed by atoms with Crippen LogP contribution in [0.15, 0.2) is 12.7 Å². The van der Waals surface area contributed by atoms with E-state index in [1.165, 1.54) is 44.9 Å². The second kappa shape index (κ2) is 6.26. The van der Waals surface area contributed by atoms with Crippen molar-refractivity contribution in [3.63, 3.8) is 0 Å². The Hall–Kier alpha value is -0.260. The van der Waals surface area contributed by atoms with Crippen LogP contribution < -0.4 is 0 Å². The molecule has 1 saturated carbocycles. The summed E-state index contributed by atoms with van der Waals surface area (Å²) < 4.78 is 0. The lowest BCUT2D eigenvalue weighted by Gasteiger charge is -2.49. The largest absolute Gasteiger partial charge is 0.103 e. The molecule has 0 saturated heterocycles. The van der Waals surface area contributed by atoms with E-state index >= 15 is 0 Å². The van der Waals surface area contributed by atoms with Crippen LogP contribution in [0.5, 0.6) is 0 Å². The van der Waals surface area contributed by atoms with Gasteiger partial charge in [0, 0.05) is 0 Å². The lowest BCUT2D eigenvalue weighted by Crippen LogP contribution is -2.41. The van der Waals surface area contributed by atoms with Crippen molar-refractivity contribution in [1.29, 1.82) is 0 Å². The van der Waals surface area contributed by atoms with E-state index in [1.54, 1.807) is 0 Å². The van der Waals surface area contributed by atoms with Crippen LogP contribution in [0.25, 0.3) is 0 Å². The van der Waals surface area contributed by atoms with Gasteiger partial charge in [0.25, 0.3) is 0 Å². The van der Waals surface area contributed by atoms with Crippen LogP contribution in [0.2, 0.25) is 0 Å². The number of hydrogen-bond donors (Lipinski definition) is 0. The van der Waals surface area contributed by atoms with Gasteiger partial charge >= 0.3 is 0 Å². The first-order valence-corrected chi connectivity index (χ1v) is 8.04. The summed E-state index contributed by atoms with van der Waals surface area (Å²) in [5.41, 5.74) is 0.677. The molecule has 1 rings (SSSR count). The third-order valence-electron chi connectivity index (χ3n) is 6.22. The van der Waals surface area contributed by atoms with Gasteiger partial charge in [-0.15, -0.1) is 6.58 Å². The lowest BCUT2D eigenvalue weighted by molar-refractivity contribution is 0.0276. The standard InChI is InChI=1S/C18H34/c1-7-10-15-11-13-16(14-12-15)17(4,5)18(6,8-2)9-3/h8,15-16H,2,7,9-14H2,1,3-6H3. The molecule has 18 heavy (non-hydrogen) atoms. The van der Waals surface area contributed by atoms with Crippen LogP contribution in [0, 0.1) is 22.7 Å². The van der Waals surface area contributed by atoms with Crippen LogP contribution in [-0.4, -0.2) is 0 Å². The first-order chi connectivity index (χ1) is 8.41. The summed E-state index contributed by atoms with van der Waals surface area (Å²) in [7, 11) is 0. The molecule has 0 radical (unpaired) electrons. The molecule has 0 aliphatic heterocycles. The fourth-order valence-corrected chi connectivity index (χ4v) is 3.91. The van der Waals surface area contributed by atoms with Crippen molar-refractivity contribution < 1.29 is 0 Å². The molecule has 0 N–H and O–H groups in total. The topological polar surface area (TPSA) is 0 Å². The normalized spacial score (nSPS) is 28.7. The summed E-state index contributed by atoms with van der Waals surface area (Å²) >= 11 is 0. The number of rotatable bonds is 6. The Kier molecular flexibility index (Phi) is 5.49.